The first-order valence-electron chi connectivity index (χ1n) is 17.2. The zero-order chi connectivity index (χ0) is 29.9. The van der Waals surface area contributed by atoms with Crippen LogP contribution < -0.4 is 16.0 Å². The summed E-state index contributed by atoms with van der Waals surface area (Å²) in [5.41, 5.74) is 2.67. The number of amides is 3. The van der Waals surface area contributed by atoms with Gasteiger partial charge in [-0.15, -0.1) is 0 Å². The molecule has 3 aliphatic rings. The summed E-state index contributed by atoms with van der Waals surface area (Å²) in [4.78, 5) is 39.7. The Morgan fingerprint density at radius 3 is 1.43 bits per heavy atom. The van der Waals surface area contributed by atoms with Crippen molar-refractivity contribution in [3.8, 4) is 0 Å². The lowest BCUT2D eigenvalue weighted by molar-refractivity contribution is -0.121. The Bertz CT molecular complexity index is 1020. The van der Waals surface area contributed by atoms with Gasteiger partial charge in [-0.2, -0.15) is 0 Å². The van der Waals surface area contributed by atoms with Crippen molar-refractivity contribution in [2.45, 2.75) is 130 Å². The maximum atomic E-state index is 13.3. The fourth-order valence-corrected chi connectivity index (χ4v) is 7.55. The molecule has 6 heteroatoms. The topological polar surface area (TPSA) is 87.3 Å². The second-order valence-electron chi connectivity index (χ2n) is 13.4. The van der Waals surface area contributed by atoms with Crippen LogP contribution in [0.25, 0.3) is 0 Å². The average Bonchev–Trinajstić information content (AvgIpc) is 2.98. The van der Waals surface area contributed by atoms with Crippen molar-refractivity contribution in [2.75, 3.05) is 16.0 Å². The number of carbonyl (C=O) groups is 3. The minimum Gasteiger partial charge on any atom is -0.326 e. The molecular weight excluding hydrogens is 522 g/mol. The van der Waals surface area contributed by atoms with Crippen molar-refractivity contribution < 1.29 is 14.4 Å². The van der Waals surface area contributed by atoms with Gasteiger partial charge in [0.05, 0.1) is 0 Å². The van der Waals surface area contributed by atoms with Crippen molar-refractivity contribution >= 4 is 34.8 Å². The van der Waals surface area contributed by atoms with Crippen LogP contribution in [0.5, 0.6) is 0 Å². The number of rotatable bonds is 12. The highest BCUT2D eigenvalue weighted by Crippen LogP contribution is 2.35. The molecule has 1 atom stereocenters. The van der Waals surface area contributed by atoms with Crippen LogP contribution in [-0.2, 0) is 14.4 Å². The Morgan fingerprint density at radius 1 is 0.595 bits per heavy atom. The molecule has 42 heavy (non-hydrogen) atoms. The first-order valence-corrected chi connectivity index (χ1v) is 17.2. The smallest absolute Gasteiger partial charge is 0.251 e. The van der Waals surface area contributed by atoms with Crippen molar-refractivity contribution in [3.05, 3.63) is 29.8 Å². The summed E-state index contributed by atoms with van der Waals surface area (Å²) >= 11 is 0. The molecule has 0 saturated heterocycles. The number of allylic oxidation sites excluding steroid dienone is 1. The third kappa shape index (κ3) is 9.44. The summed E-state index contributed by atoms with van der Waals surface area (Å²) < 4.78 is 0. The highest BCUT2D eigenvalue weighted by Gasteiger charge is 2.28. The summed E-state index contributed by atoms with van der Waals surface area (Å²) in [6.07, 6.45) is 20.3. The van der Waals surface area contributed by atoms with Crippen LogP contribution in [0.3, 0.4) is 0 Å². The lowest BCUT2D eigenvalue weighted by Crippen LogP contribution is -2.28. The normalized spacial score (nSPS) is 26.2. The predicted molar refractivity (Wildman–Crippen MR) is 173 cm³/mol. The molecule has 2 fully saturated rings. The molecule has 0 heterocycles. The minimum absolute atomic E-state index is 0.0103. The summed E-state index contributed by atoms with van der Waals surface area (Å²) in [6, 6.07) is 5.49. The van der Waals surface area contributed by atoms with Gasteiger partial charge in [-0.1, -0.05) is 65.4 Å². The molecule has 1 aromatic carbocycles. The molecule has 0 bridgehead atoms. The summed E-state index contributed by atoms with van der Waals surface area (Å²) in [6.45, 7) is 6.67. The van der Waals surface area contributed by atoms with E-state index in [1.807, 2.05) is 18.2 Å². The SMILES string of the molecule is CCC[C@@H]1CC=C(C(=O)Nc2cc(NC(=O)[C@H]3CC[C@H](CCC)CC3)cc(NC(=O)[C@H]3CC[C@H](CCC)CC3)c2)CC1. The van der Waals surface area contributed by atoms with Gasteiger partial charge in [-0.3, -0.25) is 14.4 Å². The number of benzene rings is 1. The molecule has 3 N–H and O–H groups in total. The molecule has 0 spiro atoms. The van der Waals surface area contributed by atoms with Crippen LogP contribution >= 0.6 is 0 Å². The number of anilines is 3. The van der Waals surface area contributed by atoms with Gasteiger partial charge in [0, 0.05) is 34.5 Å². The maximum absolute atomic E-state index is 13.3. The Hall–Kier alpha value is -2.63. The van der Waals surface area contributed by atoms with E-state index in [0.717, 1.165) is 88.0 Å². The molecule has 0 aromatic heterocycles. The molecule has 1 aromatic rings. The monoisotopic (exact) mass is 577 g/mol. The van der Waals surface area contributed by atoms with Gasteiger partial charge < -0.3 is 16.0 Å². The fourth-order valence-electron chi connectivity index (χ4n) is 7.55. The van der Waals surface area contributed by atoms with Gasteiger partial charge in [0.25, 0.3) is 5.91 Å². The van der Waals surface area contributed by atoms with Gasteiger partial charge in [0.1, 0.15) is 0 Å². The summed E-state index contributed by atoms with van der Waals surface area (Å²) in [7, 11) is 0. The second-order valence-corrected chi connectivity index (χ2v) is 13.4. The predicted octanol–water partition coefficient (Wildman–Crippen LogP) is 9.24. The van der Waals surface area contributed by atoms with Crippen molar-refractivity contribution in [3.63, 3.8) is 0 Å². The van der Waals surface area contributed by atoms with Crippen LogP contribution in [0.2, 0.25) is 0 Å². The van der Waals surface area contributed by atoms with E-state index < -0.39 is 0 Å². The van der Waals surface area contributed by atoms with Gasteiger partial charge in [0.2, 0.25) is 11.8 Å². The maximum Gasteiger partial charge on any atom is 0.251 e. The van der Waals surface area contributed by atoms with E-state index in [1.165, 1.54) is 38.5 Å². The molecule has 3 aliphatic carbocycles. The highest BCUT2D eigenvalue weighted by molar-refractivity contribution is 6.05. The van der Waals surface area contributed by atoms with Crippen LogP contribution in [0.15, 0.2) is 29.8 Å². The van der Waals surface area contributed by atoms with Gasteiger partial charge in [0.15, 0.2) is 0 Å². The fraction of sp³-hybridized carbons (Fsp3) is 0.694. The van der Waals surface area contributed by atoms with Crippen molar-refractivity contribution in [1.29, 1.82) is 0 Å². The first-order chi connectivity index (χ1) is 20.4. The molecule has 4 rings (SSSR count). The van der Waals surface area contributed by atoms with Gasteiger partial charge in [-0.25, -0.2) is 0 Å². The van der Waals surface area contributed by atoms with Crippen LogP contribution in [0, 0.1) is 29.6 Å². The van der Waals surface area contributed by atoms with Crippen LogP contribution in [0.4, 0.5) is 17.1 Å². The Labute approximate surface area is 254 Å². The van der Waals surface area contributed by atoms with E-state index in [9.17, 15) is 14.4 Å². The third-order valence-corrected chi connectivity index (χ3v) is 10.1. The molecule has 0 unspecified atom stereocenters. The molecule has 6 nitrogen and oxygen atoms in total. The summed E-state index contributed by atoms with van der Waals surface area (Å²) in [5.74, 6) is 2.15. The minimum atomic E-state index is -0.0887. The highest BCUT2D eigenvalue weighted by atomic mass is 16.2. The zero-order valence-corrected chi connectivity index (χ0v) is 26.4. The average molecular weight is 578 g/mol. The zero-order valence-electron chi connectivity index (χ0n) is 26.4. The molecular formula is C36H55N3O3. The van der Waals surface area contributed by atoms with E-state index in [0.29, 0.717) is 23.0 Å². The third-order valence-electron chi connectivity index (χ3n) is 10.1. The molecule has 3 amide bonds. The van der Waals surface area contributed by atoms with E-state index >= 15 is 0 Å². The number of carbonyl (C=O) groups excluding carboxylic acids is 3. The number of nitrogens with one attached hydrogen (secondary N) is 3. The van der Waals surface area contributed by atoms with Crippen molar-refractivity contribution in [2.24, 2.45) is 29.6 Å². The molecule has 0 aliphatic heterocycles. The standard InChI is InChI=1S/C36H55N3O3/c1-4-7-25-10-16-28(17-11-25)34(40)37-31-22-32(38-35(41)29-18-12-26(8-5-2)13-19-29)24-33(23-31)39-36(42)30-20-14-27(9-6-3)15-21-30/h16,22-27,29-30H,4-15,17-21H2,1-3H3,(H,37,40)(H,38,41)(H,39,42)/t25-,26-,27-,29-,30-/m1/s1. The lowest BCUT2D eigenvalue weighted by Gasteiger charge is -2.28. The van der Waals surface area contributed by atoms with E-state index in [4.69, 9.17) is 0 Å². The van der Waals surface area contributed by atoms with Crippen LogP contribution in [-0.4, -0.2) is 17.7 Å². The number of hydrogen-bond acceptors (Lipinski definition) is 3. The van der Waals surface area contributed by atoms with Gasteiger partial charge >= 0.3 is 0 Å². The van der Waals surface area contributed by atoms with Crippen LogP contribution in [0.1, 0.15) is 130 Å². The largest absolute Gasteiger partial charge is 0.326 e. The Morgan fingerprint density at radius 2 is 1.02 bits per heavy atom. The van der Waals surface area contributed by atoms with Crippen molar-refractivity contribution in [1.82, 2.24) is 0 Å². The van der Waals surface area contributed by atoms with Gasteiger partial charge in [-0.05, 0) is 107 Å². The first kappa shape index (κ1) is 32.3. The molecule has 0 radical (unpaired) electrons. The van der Waals surface area contributed by atoms with E-state index in [-0.39, 0.29) is 29.6 Å². The quantitative estimate of drug-likeness (QED) is 0.231. The van der Waals surface area contributed by atoms with E-state index in [2.05, 4.69) is 42.8 Å². The van der Waals surface area contributed by atoms with E-state index in [1.54, 1.807) is 0 Å². The Kier molecular flexibility index (Phi) is 12.5. The Balaban J connectivity index is 1.44. The molecule has 232 valence electrons. The summed E-state index contributed by atoms with van der Waals surface area (Å²) in [5, 5.41) is 9.33. The lowest BCUT2D eigenvalue weighted by atomic mass is 9.79. The number of hydrogen-bond donors (Lipinski definition) is 3. The second kappa shape index (κ2) is 16.3. The molecule has 2 saturated carbocycles.